The third kappa shape index (κ3) is 3.36. The molecule has 0 aliphatic carbocycles. The fourth-order valence-corrected chi connectivity index (χ4v) is 4.09. The van der Waals surface area contributed by atoms with Gasteiger partial charge in [0.05, 0.1) is 0 Å². The number of nitrogens with zero attached hydrogens (tertiary/aromatic N) is 4. The van der Waals surface area contributed by atoms with Gasteiger partial charge in [0.25, 0.3) is 0 Å². The number of piperazine rings is 3. The highest BCUT2D eigenvalue weighted by Crippen LogP contribution is 2.21. The van der Waals surface area contributed by atoms with Gasteiger partial charge in [0, 0.05) is 51.7 Å². The summed E-state index contributed by atoms with van der Waals surface area (Å²) in [5.74, 6) is -0.183. The first-order valence-corrected chi connectivity index (χ1v) is 8.85. The van der Waals surface area contributed by atoms with Crippen LogP contribution in [0.25, 0.3) is 0 Å². The third-order valence-corrected chi connectivity index (χ3v) is 5.53. The molecule has 2 bridgehead atoms. The summed E-state index contributed by atoms with van der Waals surface area (Å²) in [5, 5.41) is 13.4. The van der Waals surface area contributed by atoms with E-state index in [9.17, 15) is 4.39 Å². The number of aromatic nitrogens is 2. The fraction of sp³-hybridized carbons (Fsp3) is 0.500. The molecule has 3 aliphatic heterocycles. The summed E-state index contributed by atoms with van der Waals surface area (Å²) in [6.07, 6.45) is 0.495. The molecule has 23 heavy (non-hydrogen) atoms. The fourth-order valence-electron chi connectivity index (χ4n) is 3.32. The van der Waals surface area contributed by atoms with E-state index in [2.05, 4.69) is 25.3 Å². The maximum Gasteiger partial charge on any atom is 0.205 e. The Bertz CT molecular complexity index is 668. The van der Waals surface area contributed by atoms with Gasteiger partial charge in [-0.3, -0.25) is 9.80 Å². The molecular formula is C16H20FN5S. The van der Waals surface area contributed by atoms with E-state index in [1.165, 1.54) is 43.6 Å². The summed E-state index contributed by atoms with van der Waals surface area (Å²) in [6, 6.07) is 7.38. The first-order valence-electron chi connectivity index (χ1n) is 8.04. The molecule has 1 atom stereocenters. The molecule has 2 aromatic rings. The Morgan fingerprint density at radius 1 is 1.17 bits per heavy atom. The molecule has 4 heterocycles. The lowest BCUT2D eigenvalue weighted by atomic mass is 10.1. The predicted molar refractivity (Wildman–Crippen MR) is 89.4 cm³/mol. The molecular weight excluding hydrogens is 313 g/mol. The second-order valence-electron chi connectivity index (χ2n) is 6.14. The molecule has 1 N–H and O–H groups in total. The molecule has 1 aromatic carbocycles. The smallest absolute Gasteiger partial charge is 0.205 e. The summed E-state index contributed by atoms with van der Waals surface area (Å²) in [5.41, 5.74) is 0.665. The molecule has 3 saturated heterocycles. The van der Waals surface area contributed by atoms with Crippen LogP contribution in [-0.2, 0) is 6.42 Å². The van der Waals surface area contributed by atoms with Crippen molar-refractivity contribution in [1.29, 1.82) is 0 Å². The minimum atomic E-state index is -0.183. The maximum atomic E-state index is 13.7. The normalized spacial score (nSPS) is 26.4. The third-order valence-electron chi connectivity index (χ3n) is 4.65. The molecule has 5 rings (SSSR count). The number of fused-ring (bicyclic) bond motifs is 3. The highest BCUT2D eigenvalue weighted by molar-refractivity contribution is 7.15. The van der Waals surface area contributed by atoms with Gasteiger partial charge in [-0.1, -0.05) is 29.5 Å². The van der Waals surface area contributed by atoms with Crippen LogP contribution in [0.5, 0.6) is 0 Å². The number of rotatable bonds is 5. The predicted octanol–water partition coefficient (Wildman–Crippen LogP) is 1.68. The van der Waals surface area contributed by atoms with Gasteiger partial charge in [-0.2, -0.15) is 0 Å². The quantitative estimate of drug-likeness (QED) is 0.902. The van der Waals surface area contributed by atoms with Crippen LogP contribution in [-0.4, -0.2) is 65.3 Å². The Kier molecular flexibility index (Phi) is 4.24. The zero-order chi connectivity index (χ0) is 15.6. The van der Waals surface area contributed by atoms with Gasteiger partial charge in [0.2, 0.25) is 5.13 Å². The van der Waals surface area contributed by atoms with E-state index >= 15 is 0 Å². The van der Waals surface area contributed by atoms with Gasteiger partial charge in [-0.15, -0.1) is 10.2 Å². The minimum absolute atomic E-state index is 0.183. The first-order chi connectivity index (χ1) is 11.3. The van der Waals surface area contributed by atoms with Crippen LogP contribution < -0.4 is 5.32 Å². The summed E-state index contributed by atoms with van der Waals surface area (Å²) in [4.78, 5) is 5.07. The van der Waals surface area contributed by atoms with Crippen molar-refractivity contribution in [2.75, 3.05) is 44.6 Å². The average molecular weight is 333 g/mol. The standard InChI is InChI=1S/C16H20FN5S/c17-14-4-2-1-3-12(14)9-15-19-20-16(23-15)18-10-13-11-21-5-7-22(13)8-6-21/h1-4,13H,5-11H2,(H,18,20). The number of anilines is 1. The number of hydrogen-bond acceptors (Lipinski definition) is 6. The highest BCUT2D eigenvalue weighted by Gasteiger charge is 2.31. The second-order valence-corrected chi connectivity index (χ2v) is 7.20. The van der Waals surface area contributed by atoms with E-state index in [1.54, 1.807) is 12.1 Å². The van der Waals surface area contributed by atoms with Crippen molar-refractivity contribution in [3.63, 3.8) is 0 Å². The van der Waals surface area contributed by atoms with Gasteiger partial charge < -0.3 is 5.32 Å². The van der Waals surface area contributed by atoms with E-state index in [4.69, 9.17) is 0 Å². The minimum Gasteiger partial charge on any atom is -0.358 e. The van der Waals surface area contributed by atoms with Crippen molar-refractivity contribution in [2.24, 2.45) is 0 Å². The van der Waals surface area contributed by atoms with E-state index in [0.717, 1.165) is 23.2 Å². The van der Waals surface area contributed by atoms with Gasteiger partial charge >= 0.3 is 0 Å². The lowest BCUT2D eigenvalue weighted by Gasteiger charge is -2.47. The molecule has 1 aromatic heterocycles. The van der Waals surface area contributed by atoms with E-state index < -0.39 is 0 Å². The molecule has 0 spiro atoms. The van der Waals surface area contributed by atoms with Crippen LogP contribution in [0.3, 0.4) is 0 Å². The monoisotopic (exact) mass is 333 g/mol. The topological polar surface area (TPSA) is 44.3 Å². The van der Waals surface area contributed by atoms with Crippen LogP contribution >= 0.6 is 11.3 Å². The van der Waals surface area contributed by atoms with Crippen molar-refractivity contribution in [3.8, 4) is 0 Å². The molecule has 0 radical (unpaired) electrons. The van der Waals surface area contributed by atoms with Gasteiger partial charge in [0.15, 0.2) is 0 Å². The molecule has 1 unspecified atom stereocenters. The number of benzene rings is 1. The summed E-state index contributed by atoms with van der Waals surface area (Å²) in [6.45, 7) is 6.75. The molecule has 122 valence electrons. The van der Waals surface area contributed by atoms with E-state index in [0.29, 0.717) is 18.0 Å². The lowest BCUT2D eigenvalue weighted by molar-refractivity contribution is 0.0189. The zero-order valence-electron chi connectivity index (χ0n) is 12.9. The van der Waals surface area contributed by atoms with Crippen LogP contribution in [0.1, 0.15) is 10.6 Å². The molecule has 0 amide bonds. The van der Waals surface area contributed by atoms with Crippen LogP contribution in [0.15, 0.2) is 24.3 Å². The average Bonchev–Trinajstić information content (AvgIpc) is 3.04. The molecule has 0 saturated carbocycles. The van der Waals surface area contributed by atoms with Gasteiger partial charge in [-0.05, 0) is 11.6 Å². The van der Waals surface area contributed by atoms with Crippen LogP contribution in [0.4, 0.5) is 9.52 Å². The van der Waals surface area contributed by atoms with Gasteiger partial charge in [-0.25, -0.2) is 4.39 Å². The van der Waals surface area contributed by atoms with E-state index in [-0.39, 0.29) is 5.82 Å². The Morgan fingerprint density at radius 3 is 2.74 bits per heavy atom. The number of nitrogens with one attached hydrogen (secondary N) is 1. The van der Waals surface area contributed by atoms with Crippen LogP contribution in [0, 0.1) is 5.82 Å². The maximum absolute atomic E-state index is 13.7. The summed E-state index contributed by atoms with van der Waals surface area (Å²) in [7, 11) is 0. The Hall–Kier alpha value is -1.57. The van der Waals surface area contributed by atoms with E-state index in [1.807, 2.05) is 6.07 Å². The molecule has 3 fully saturated rings. The first kappa shape index (κ1) is 15.0. The summed E-state index contributed by atoms with van der Waals surface area (Å²) < 4.78 is 13.7. The number of halogens is 1. The highest BCUT2D eigenvalue weighted by atomic mass is 32.1. The molecule has 7 heteroatoms. The van der Waals surface area contributed by atoms with Crippen LogP contribution in [0.2, 0.25) is 0 Å². The van der Waals surface area contributed by atoms with Gasteiger partial charge in [0.1, 0.15) is 10.8 Å². The summed E-state index contributed by atoms with van der Waals surface area (Å²) >= 11 is 1.51. The Labute approximate surface area is 139 Å². The SMILES string of the molecule is Fc1ccccc1Cc1nnc(NCC2CN3CCN2CC3)s1. The van der Waals surface area contributed by atoms with Crippen molar-refractivity contribution in [3.05, 3.63) is 40.7 Å². The Morgan fingerprint density at radius 2 is 2.00 bits per heavy atom. The molecule has 5 nitrogen and oxygen atoms in total. The van der Waals surface area contributed by atoms with Crippen molar-refractivity contribution >= 4 is 16.5 Å². The van der Waals surface area contributed by atoms with Crippen molar-refractivity contribution in [2.45, 2.75) is 12.5 Å². The number of hydrogen-bond donors (Lipinski definition) is 1. The van der Waals surface area contributed by atoms with Crippen molar-refractivity contribution < 1.29 is 4.39 Å². The molecule has 3 aliphatic rings. The zero-order valence-corrected chi connectivity index (χ0v) is 13.7. The Balaban J connectivity index is 1.34. The largest absolute Gasteiger partial charge is 0.358 e. The lowest BCUT2D eigenvalue weighted by Crippen LogP contribution is -2.62. The second kappa shape index (κ2) is 6.51. The van der Waals surface area contributed by atoms with Crippen molar-refractivity contribution in [1.82, 2.24) is 20.0 Å².